The maximum absolute atomic E-state index is 13.3. The molecule has 2 aromatic heterocycles. The number of nitrogens with zero attached hydrogens (tertiary/aromatic N) is 4. The van der Waals surface area contributed by atoms with Crippen molar-refractivity contribution in [2.24, 2.45) is 0 Å². The van der Waals surface area contributed by atoms with Crippen LogP contribution in [0, 0.1) is 0 Å². The van der Waals surface area contributed by atoms with Crippen LogP contribution in [0.4, 0.5) is 0 Å². The Balaban J connectivity index is 1.33. The molecule has 1 amide bonds. The molecule has 0 bridgehead atoms. The lowest BCUT2D eigenvalue weighted by Gasteiger charge is -2.36. The predicted octanol–water partition coefficient (Wildman–Crippen LogP) is 4.41. The summed E-state index contributed by atoms with van der Waals surface area (Å²) in [6.45, 7) is 5.36. The Bertz CT molecular complexity index is 1130. The van der Waals surface area contributed by atoms with E-state index in [4.69, 9.17) is 9.52 Å². The van der Waals surface area contributed by atoms with Crippen molar-refractivity contribution >= 4 is 11.5 Å². The van der Waals surface area contributed by atoms with Crippen LogP contribution in [0.15, 0.2) is 59.2 Å². The van der Waals surface area contributed by atoms with Crippen molar-refractivity contribution in [3.63, 3.8) is 0 Å². The Morgan fingerprint density at radius 2 is 2.03 bits per heavy atom. The molecule has 1 atom stereocenters. The largest absolute Gasteiger partial charge is 0.467 e. The Morgan fingerprint density at radius 1 is 1.18 bits per heavy atom. The molecule has 0 spiro atoms. The zero-order chi connectivity index (χ0) is 22.8. The molecule has 0 unspecified atom stereocenters. The van der Waals surface area contributed by atoms with Gasteiger partial charge >= 0.3 is 0 Å². The van der Waals surface area contributed by atoms with Crippen molar-refractivity contribution in [1.29, 1.82) is 0 Å². The predicted molar refractivity (Wildman–Crippen MR) is 129 cm³/mol. The Kier molecular flexibility index (Phi) is 6.18. The van der Waals surface area contributed by atoms with Crippen LogP contribution in [0.25, 0.3) is 5.57 Å². The second-order valence-corrected chi connectivity index (χ2v) is 9.07. The Hall–Kier alpha value is -3.12. The molecule has 0 saturated carbocycles. The third kappa shape index (κ3) is 4.40. The van der Waals surface area contributed by atoms with Crippen molar-refractivity contribution in [2.45, 2.75) is 51.7 Å². The van der Waals surface area contributed by atoms with Crippen molar-refractivity contribution in [1.82, 2.24) is 19.6 Å². The summed E-state index contributed by atoms with van der Waals surface area (Å²) < 4.78 is 7.47. The molecule has 1 aliphatic heterocycles. The summed E-state index contributed by atoms with van der Waals surface area (Å²) >= 11 is 0. The first-order valence-corrected chi connectivity index (χ1v) is 12.0. The first-order chi connectivity index (χ1) is 16.1. The van der Waals surface area contributed by atoms with Gasteiger partial charge in [-0.15, -0.1) is 0 Å². The third-order valence-electron chi connectivity index (χ3n) is 7.04. The molecule has 5 rings (SSSR count). The molecule has 172 valence electrons. The van der Waals surface area contributed by atoms with E-state index in [9.17, 15) is 4.79 Å². The molecule has 3 heterocycles. The van der Waals surface area contributed by atoms with Gasteiger partial charge in [-0.1, -0.05) is 36.4 Å². The summed E-state index contributed by atoms with van der Waals surface area (Å²) in [6, 6.07) is 14.9. The van der Waals surface area contributed by atoms with E-state index in [0.29, 0.717) is 18.3 Å². The molecule has 1 aliphatic carbocycles. The van der Waals surface area contributed by atoms with Crippen LogP contribution >= 0.6 is 0 Å². The first kappa shape index (κ1) is 21.7. The highest BCUT2D eigenvalue weighted by Crippen LogP contribution is 2.31. The van der Waals surface area contributed by atoms with Gasteiger partial charge in [0.25, 0.3) is 5.91 Å². The molecular formula is C27H32N4O2. The van der Waals surface area contributed by atoms with Crippen LogP contribution < -0.4 is 0 Å². The van der Waals surface area contributed by atoms with Gasteiger partial charge in [0, 0.05) is 44.0 Å². The standard InChI is InChI=1S/C27H32N4O2/c1-3-31-25-12-11-22(30-15-13-21(14-16-30)20-8-5-4-6-9-20)18-24(25)26(28-31)27(32)29(2)19-23-10-7-17-33-23/h4-10,13,17,22H,3,11-12,14-16,18-19H2,1-2H3/t22-/m0/s1. The van der Waals surface area contributed by atoms with E-state index in [1.165, 1.54) is 16.8 Å². The quantitative estimate of drug-likeness (QED) is 0.565. The van der Waals surface area contributed by atoms with Crippen molar-refractivity contribution in [3.05, 3.63) is 83.1 Å². The SMILES string of the molecule is CCn1nc(C(=O)N(C)Cc2ccco2)c2c1CC[C@H](N1CC=C(c3ccccc3)CC1)C2. The summed E-state index contributed by atoms with van der Waals surface area (Å²) in [6.07, 6.45) is 8.07. The van der Waals surface area contributed by atoms with Crippen molar-refractivity contribution in [2.75, 3.05) is 20.1 Å². The summed E-state index contributed by atoms with van der Waals surface area (Å²) in [5.41, 5.74) is 5.77. The molecule has 1 aromatic carbocycles. The highest BCUT2D eigenvalue weighted by molar-refractivity contribution is 5.94. The van der Waals surface area contributed by atoms with E-state index in [-0.39, 0.29) is 5.91 Å². The molecular weight excluding hydrogens is 412 g/mol. The topological polar surface area (TPSA) is 54.5 Å². The van der Waals surface area contributed by atoms with E-state index in [1.807, 2.05) is 23.9 Å². The van der Waals surface area contributed by atoms with Crippen LogP contribution in [0.2, 0.25) is 0 Å². The van der Waals surface area contributed by atoms with Gasteiger partial charge in [0.1, 0.15) is 5.76 Å². The Morgan fingerprint density at radius 3 is 2.73 bits per heavy atom. The number of fused-ring (bicyclic) bond motifs is 1. The van der Waals surface area contributed by atoms with Gasteiger partial charge in [0.15, 0.2) is 5.69 Å². The molecule has 0 N–H and O–H groups in total. The average molecular weight is 445 g/mol. The lowest BCUT2D eigenvalue weighted by molar-refractivity contribution is 0.0767. The van der Waals surface area contributed by atoms with Gasteiger partial charge in [0.05, 0.1) is 12.8 Å². The van der Waals surface area contributed by atoms with Gasteiger partial charge < -0.3 is 9.32 Å². The first-order valence-electron chi connectivity index (χ1n) is 12.0. The number of hydrogen-bond donors (Lipinski definition) is 0. The second kappa shape index (κ2) is 9.40. The van der Waals surface area contributed by atoms with Crippen molar-refractivity contribution in [3.8, 4) is 0 Å². The van der Waals surface area contributed by atoms with E-state index in [1.54, 1.807) is 11.2 Å². The minimum atomic E-state index is -0.0274. The number of benzene rings is 1. The van der Waals surface area contributed by atoms with Crippen LogP contribution in [-0.2, 0) is 25.9 Å². The molecule has 3 aromatic rings. The van der Waals surface area contributed by atoms with Gasteiger partial charge in [-0.05, 0) is 55.9 Å². The summed E-state index contributed by atoms with van der Waals surface area (Å²) in [5.74, 6) is 0.752. The van der Waals surface area contributed by atoms with E-state index < -0.39 is 0 Å². The monoisotopic (exact) mass is 444 g/mol. The van der Waals surface area contributed by atoms with Gasteiger partial charge in [-0.25, -0.2) is 0 Å². The molecule has 2 aliphatic rings. The Labute approximate surface area is 195 Å². The number of furan rings is 1. The van der Waals surface area contributed by atoms with Gasteiger partial charge in [0.2, 0.25) is 0 Å². The number of amides is 1. The summed E-state index contributed by atoms with van der Waals surface area (Å²) in [4.78, 5) is 17.6. The zero-order valence-corrected chi connectivity index (χ0v) is 19.5. The van der Waals surface area contributed by atoms with E-state index in [2.05, 4.69) is 48.2 Å². The molecule has 0 saturated heterocycles. The number of aryl methyl sites for hydroxylation is 1. The smallest absolute Gasteiger partial charge is 0.274 e. The fourth-order valence-electron chi connectivity index (χ4n) is 5.23. The molecule has 33 heavy (non-hydrogen) atoms. The second-order valence-electron chi connectivity index (χ2n) is 9.07. The fourth-order valence-corrected chi connectivity index (χ4v) is 5.23. The molecule has 0 fully saturated rings. The number of carbonyl (C=O) groups excluding carboxylic acids is 1. The van der Waals surface area contributed by atoms with E-state index >= 15 is 0 Å². The van der Waals surface area contributed by atoms with Gasteiger partial charge in [-0.3, -0.25) is 14.4 Å². The minimum Gasteiger partial charge on any atom is -0.467 e. The van der Waals surface area contributed by atoms with Crippen LogP contribution in [0.5, 0.6) is 0 Å². The lowest BCUT2D eigenvalue weighted by Crippen LogP contribution is -2.42. The molecule has 6 nitrogen and oxygen atoms in total. The lowest BCUT2D eigenvalue weighted by atomic mass is 9.88. The van der Waals surface area contributed by atoms with Gasteiger partial charge in [-0.2, -0.15) is 5.10 Å². The van der Waals surface area contributed by atoms with Crippen molar-refractivity contribution < 1.29 is 9.21 Å². The fraction of sp³-hybridized carbons (Fsp3) is 0.407. The van der Waals surface area contributed by atoms with Crippen LogP contribution in [-0.4, -0.2) is 51.7 Å². The summed E-state index contributed by atoms with van der Waals surface area (Å²) in [5, 5.41) is 4.76. The highest BCUT2D eigenvalue weighted by atomic mass is 16.3. The maximum atomic E-state index is 13.3. The third-order valence-corrected chi connectivity index (χ3v) is 7.04. The van der Waals surface area contributed by atoms with Crippen LogP contribution in [0.1, 0.15) is 52.8 Å². The normalized spacial score (nSPS) is 18.6. The minimum absolute atomic E-state index is 0.0274. The number of hydrogen-bond acceptors (Lipinski definition) is 4. The zero-order valence-electron chi connectivity index (χ0n) is 19.5. The highest BCUT2D eigenvalue weighted by Gasteiger charge is 2.33. The molecule has 6 heteroatoms. The summed E-state index contributed by atoms with van der Waals surface area (Å²) in [7, 11) is 1.82. The molecule has 0 radical (unpaired) electrons. The average Bonchev–Trinajstić information content (AvgIpc) is 3.51. The van der Waals surface area contributed by atoms with Crippen LogP contribution in [0.3, 0.4) is 0 Å². The number of carbonyl (C=O) groups is 1. The number of aromatic nitrogens is 2. The number of rotatable bonds is 6. The maximum Gasteiger partial charge on any atom is 0.274 e. The van der Waals surface area contributed by atoms with E-state index in [0.717, 1.165) is 56.6 Å².